The molecule has 90 valence electrons. The molecule has 0 N–H and O–H groups in total. The van der Waals surface area contributed by atoms with Crippen LogP contribution in [0.15, 0.2) is 42.5 Å². The molecule has 3 heteroatoms. The van der Waals surface area contributed by atoms with Crippen molar-refractivity contribution in [2.75, 3.05) is 0 Å². The van der Waals surface area contributed by atoms with Crippen molar-refractivity contribution in [2.24, 2.45) is 0 Å². The van der Waals surface area contributed by atoms with Crippen LogP contribution in [0.2, 0.25) is 0 Å². The van der Waals surface area contributed by atoms with Gasteiger partial charge in [0, 0.05) is 3.57 Å². The molecule has 0 aliphatic carbocycles. The fraction of sp³-hybridized carbons (Fsp3) is 0.133. The number of hydrogen-bond acceptors (Lipinski definition) is 2. The van der Waals surface area contributed by atoms with Gasteiger partial charge < -0.3 is 4.74 Å². The Balaban J connectivity index is 2.06. The molecule has 0 fully saturated rings. The Labute approximate surface area is 120 Å². The van der Waals surface area contributed by atoms with E-state index in [-0.39, 0.29) is 0 Å². The molecule has 0 spiro atoms. The van der Waals surface area contributed by atoms with Crippen molar-refractivity contribution in [2.45, 2.75) is 13.5 Å². The zero-order chi connectivity index (χ0) is 13.0. The fourth-order valence-electron chi connectivity index (χ4n) is 1.62. The molecule has 0 saturated heterocycles. The summed E-state index contributed by atoms with van der Waals surface area (Å²) in [5.41, 5.74) is 2.87. The van der Waals surface area contributed by atoms with Crippen molar-refractivity contribution in [3.05, 3.63) is 62.7 Å². The van der Waals surface area contributed by atoms with Crippen LogP contribution in [0.5, 0.6) is 5.75 Å². The molecule has 0 amide bonds. The van der Waals surface area contributed by atoms with Crippen LogP contribution in [0, 0.1) is 21.8 Å². The van der Waals surface area contributed by atoms with Gasteiger partial charge in [-0.15, -0.1) is 0 Å². The predicted octanol–water partition coefficient (Wildman–Crippen LogP) is 4.05. The molecule has 0 heterocycles. The molecular weight excluding hydrogens is 337 g/mol. The summed E-state index contributed by atoms with van der Waals surface area (Å²) in [6, 6.07) is 15.7. The third-order valence-electron chi connectivity index (χ3n) is 2.68. The van der Waals surface area contributed by atoms with E-state index in [0.29, 0.717) is 12.2 Å². The maximum absolute atomic E-state index is 8.80. The van der Waals surface area contributed by atoms with Crippen molar-refractivity contribution in [1.29, 1.82) is 5.26 Å². The minimum Gasteiger partial charge on any atom is -0.489 e. The number of benzene rings is 2. The van der Waals surface area contributed by atoms with Gasteiger partial charge in [-0.1, -0.05) is 6.07 Å². The summed E-state index contributed by atoms with van der Waals surface area (Å²) in [5.74, 6) is 0.860. The van der Waals surface area contributed by atoms with E-state index in [9.17, 15) is 0 Å². The average Bonchev–Trinajstić information content (AvgIpc) is 2.39. The minimum atomic E-state index is 0.526. The predicted molar refractivity (Wildman–Crippen MR) is 79.4 cm³/mol. The summed E-state index contributed by atoms with van der Waals surface area (Å²) in [6.07, 6.45) is 0. The van der Waals surface area contributed by atoms with Crippen LogP contribution >= 0.6 is 22.6 Å². The largest absolute Gasteiger partial charge is 0.489 e. The van der Waals surface area contributed by atoms with E-state index in [1.165, 1.54) is 3.57 Å². The van der Waals surface area contributed by atoms with Gasteiger partial charge in [0.1, 0.15) is 12.4 Å². The van der Waals surface area contributed by atoms with Crippen LogP contribution in [0.3, 0.4) is 0 Å². The summed E-state index contributed by atoms with van der Waals surface area (Å²) in [4.78, 5) is 0. The molecule has 2 rings (SSSR count). The van der Waals surface area contributed by atoms with Crippen LogP contribution in [0.1, 0.15) is 16.7 Å². The monoisotopic (exact) mass is 349 g/mol. The Morgan fingerprint density at radius 2 is 1.89 bits per heavy atom. The molecule has 18 heavy (non-hydrogen) atoms. The highest BCUT2D eigenvalue weighted by Crippen LogP contribution is 2.17. The zero-order valence-electron chi connectivity index (χ0n) is 9.98. The van der Waals surface area contributed by atoms with E-state index < -0.39 is 0 Å². The van der Waals surface area contributed by atoms with Crippen LogP contribution in [0.25, 0.3) is 0 Å². The van der Waals surface area contributed by atoms with Gasteiger partial charge in [0.05, 0.1) is 11.6 Å². The van der Waals surface area contributed by atoms with Crippen molar-refractivity contribution < 1.29 is 4.74 Å². The minimum absolute atomic E-state index is 0.526. The Kier molecular flexibility index (Phi) is 4.21. The lowest BCUT2D eigenvalue weighted by Gasteiger charge is -2.09. The summed E-state index contributed by atoms with van der Waals surface area (Å²) in [5, 5.41) is 8.80. The highest BCUT2D eigenvalue weighted by atomic mass is 127. The smallest absolute Gasteiger partial charge is 0.119 e. The lowest BCUT2D eigenvalue weighted by atomic mass is 10.1. The molecule has 0 unspecified atom stereocenters. The Morgan fingerprint density at radius 1 is 1.17 bits per heavy atom. The van der Waals surface area contributed by atoms with Gasteiger partial charge >= 0.3 is 0 Å². The Morgan fingerprint density at radius 3 is 2.50 bits per heavy atom. The molecule has 2 aromatic carbocycles. The van der Waals surface area contributed by atoms with Gasteiger partial charge in [0.15, 0.2) is 0 Å². The van der Waals surface area contributed by atoms with Gasteiger partial charge in [0.25, 0.3) is 0 Å². The van der Waals surface area contributed by atoms with Gasteiger partial charge in [-0.05, 0) is 77.0 Å². The van der Waals surface area contributed by atoms with Gasteiger partial charge in [0.2, 0.25) is 0 Å². The molecule has 2 nitrogen and oxygen atoms in total. The second kappa shape index (κ2) is 5.87. The first kappa shape index (κ1) is 12.9. The second-order valence-electron chi connectivity index (χ2n) is 4.00. The number of rotatable bonds is 3. The standard InChI is InChI=1S/C15H12INO/c1-11-8-12(9-17)2-3-13(11)10-18-15-6-4-14(16)5-7-15/h2-8H,10H2,1H3. The number of ether oxygens (including phenoxy) is 1. The quantitative estimate of drug-likeness (QED) is 0.784. The molecule has 0 bridgehead atoms. The molecule has 2 aromatic rings. The van der Waals surface area contributed by atoms with Crippen molar-refractivity contribution in [1.82, 2.24) is 0 Å². The lowest BCUT2D eigenvalue weighted by Crippen LogP contribution is -1.98. The topological polar surface area (TPSA) is 33.0 Å². The molecule has 0 aliphatic rings. The van der Waals surface area contributed by atoms with Crippen molar-refractivity contribution >= 4 is 22.6 Å². The number of halogens is 1. The normalized spacial score (nSPS) is 9.83. The van der Waals surface area contributed by atoms with E-state index in [2.05, 4.69) is 28.7 Å². The highest BCUT2D eigenvalue weighted by molar-refractivity contribution is 14.1. The van der Waals surface area contributed by atoms with E-state index in [4.69, 9.17) is 10.00 Å². The van der Waals surface area contributed by atoms with Gasteiger partial charge in [-0.2, -0.15) is 5.26 Å². The van der Waals surface area contributed by atoms with Crippen LogP contribution < -0.4 is 4.74 Å². The van der Waals surface area contributed by atoms with Crippen molar-refractivity contribution in [3.63, 3.8) is 0 Å². The van der Waals surface area contributed by atoms with E-state index in [0.717, 1.165) is 16.9 Å². The number of nitriles is 1. The van der Waals surface area contributed by atoms with Crippen LogP contribution in [-0.2, 0) is 6.61 Å². The number of aryl methyl sites for hydroxylation is 1. The Bertz CT molecular complexity index is 584. The number of hydrogen-bond donors (Lipinski definition) is 0. The first-order valence-corrected chi connectivity index (χ1v) is 6.65. The van der Waals surface area contributed by atoms with Crippen LogP contribution in [0.4, 0.5) is 0 Å². The molecule has 0 aliphatic heterocycles. The summed E-state index contributed by atoms with van der Waals surface area (Å²) >= 11 is 2.26. The third-order valence-corrected chi connectivity index (χ3v) is 3.40. The summed E-state index contributed by atoms with van der Waals surface area (Å²) < 4.78 is 6.90. The number of nitrogens with zero attached hydrogens (tertiary/aromatic N) is 1. The SMILES string of the molecule is Cc1cc(C#N)ccc1COc1ccc(I)cc1. The first-order chi connectivity index (χ1) is 8.69. The van der Waals surface area contributed by atoms with E-state index in [1.807, 2.05) is 49.4 Å². The zero-order valence-corrected chi connectivity index (χ0v) is 12.1. The molecule has 0 saturated carbocycles. The molecule has 0 radical (unpaired) electrons. The van der Waals surface area contributed by atoms with Crippen LogP contribution in [-0.4, -0.2) is 0 Å². The molecule has 0 aromatic heterocycles. The van der Waals surface area contributed by atoms with Crippen molar-refractivity contribution in [3.8, 4) is 11.8 Å². The molecular formula is C15H12INO. The van der Waals surface area contributed by atoms with E-state index >= 15 is 0 Å². The third kappa shape index (κ3) is 3.23. The fourth-order valence-corrected chi connectivity index (χ4v) is 1.98. The maximum Gasteiger partial charge on any atom is 0.119 e. The molecule has 0 atom stereocenters. The highest BCUT2D eigenvalue weighted by Gasteiger charge is 2.01. The average molecular weight is 349 g/mol. The maximum atomic E-state index is 8.80. The lowest BCUT2D eigenvalue weighted by molar-refractivity contribution is 0.305. The van der Waals surface area contributed by atoms with E-state index in [1.54, 1.807) is 0 Å². The first-order valence-electron chi connectivity index (χ1n) is 5.57. The second-order valence-corrected chi connectivity index (χ2v) is 5.24. The Hall–Kier alpha value is -1.54. The van der Waals surface area contributed by atoms with Gasteiger partial charge in [-0.25, -0.2) is 0 Å². The van der Waals surface area contributed by atoms with Gasteiger partial charge in [-0.3, -0.25) is 0 Å². The summed E-state index contributed by atoms with van der Waals surface area (Å²) in [7, 11) is 0. The summed E-state index contributed by atoms with van der Waals surface area (Å²) in [6.45, 7) is 2.52.